The predicted octanol–water partition coefficient (Wildman–Crippen LogP) is 3.21. The number of nitrogens with zero attached hydrogens (tertiary/aromatic N) is 1. The van der Waals surface area contributed by atoms with E-state index >= 15 is 0 Å². The van der Waals surface area contributed by atoms with Gasteiger partial charge in [-0.15, -0.1) is 0 Å². The maximum absolute atomic E-state index is 11.6. The van der Waals surface area contributed by atoms with Crippen LogP contribution in [0.15, 0.2) is 21.2 Å². The zero-order chi connectivity index (χ0) is 11.4. The lowest BCUT2D eigenvalue weighted by Crippen LogP contribution is -2.15. The van der Waals surface area contributed by atoms with Crippen LogP contribution < -0.4 is 0 Å². The minimum Gasteiger partial charge on any atom is -0.371 e. The molecule has 0 radical (unpaired) electrons. The van der Waals surface area contributed by atoms with Crippen molar-refractivity contribution >= 4 is 37.6 Å². The van der Waals surface area contributed by atoms with E-state index in [2.05, 4.69) is 36.8 Å². The molecule has 0 bridgehead atoms. The highest BCUT2D eigenvalue weighted by molar-refractivity contribution is 9.11. The molecule has 0 spiro atoms. The van der Waals surface area contributed by atoms with Gasteiger partial charge in [-0.2, -0.15) is 0 Å². The summed E-state index contributed by atoms with van der Waals surface area (Å²) in [6.07, 6.45) is 1.64. The normalized spacial score (nSPS) is 10.7. The summed E-state index contributed by atoms with van der Waals surface area (Å²) in [5.41, 5.74) is 0.402. The van der Waals surface area contributed by atoms with Gasteiger partial charge in [0.25, 0.3) is 0 Å². The first-order chi connectivity index (χ1) is 7.00. The van der Waals surface area contributed by atoms with Crippen LogP contribution in [0.2, 0.25) is 0 Å². The van der Waals surface area contributed by atoms with Crippen molar-refractivity contribution in [1.29, 1.82) is 0 Å². The molecule has 0 aliphatic rings. The smallest absolute Gasteiger partial charge is 0.207 e. The third-order valence-corrected chi connectivity index (χ3v) is 2.66. The Balaban J connectivity index is 2.74. The van der Waals surface area contributed by atoms with Crippen LogP contribution in [0, 0.1) is 0 Å². The molecule has 1 aromatic heterocycles. The third-order valence-electron chi connectivity index (χ3n) is 1.62. The van der Waals surface area contributed by atoms with E-state index in [1.54, 1.807) is 12.3 Å². The molecule has 0 amide bonds. The van der Waals surface area contributed by atoms with E-state index in [1.165, 1.54) is 0 Å². The summed E-state index contributed by atoms with van der Waals surface area (Å²) in [6.45, 7) is 3.83. The van der Waals surface area contributed by atoms with Gasteiger partial charge in [0, 0.05) is 15.1 Å². The van der Waals surface area contributed by atoms with Gasteiger partial charge < -0.3 is 4.74 Å². The number of rotatable bonds is 4. The van der Waals surface area contributed by atoms with Crippen molar-refractivity contribution in [3.63, 3.8) is 0 Å². The van der Waals surface area contributed by atoms with Gasteiger partial charge in [0.05, 0.1) is 6.10 Å². The molecule has 0 aliphatic carbocycles. The SMILES string of the molecule is CC(C)OCC(=O)c1ncc(Br)cc1Br. The lowest BCUT2D eigenvalue weighted by Gasteiger charge is -2.07. The van der Waals surface area contributed by atoms with Gasteiger partial charge in [0.1, 0.15) is 12.3 Å². The van der Waals surface area contributed by atoms with E-state index in [0.717, 1.165) is 4.47 Å². The van der Waals surface area contributed by atoms with Gasteiger partial charge in [-0.1, -0.05) is 0 Å². The van der Waals surface area contributed by atoms with Gasteiger partial charge >= 0.3 is 0 Å². The topological polar surface area (TPSA) is 39.2 Å². The minimum absolute atomic E-state index is 0.0446. The fourth-order valence-corrected chi connectivity index (χ4v) is 2.14. The standard InChI is InChI=1S/C10H11Br2NO2/c1-6(2)15-5-9(14)10-8(12)3-7(11)4-13-10/h3-4,6H,5H2,1-2H3. The predicted molar refractivity (Wildman–Crippen MR) is 65.1 cm³/mol. The second kappa shape index (κ2) is 5.72. The van der Waals surface area contributed by atoms with Crippen LogP contribution in [0.5, 0.6) is 0 Å². The number of aromatic nitrogens is 1. The van der Waals surface area contributed by atoms with E-state index in [0.29, 0.717) is 10.2 Å². The molecule has 0 saturated heterocycles. The molecule has 0 aliphatic heterocycles. The number of hydrogen-bond acceptors (Lipinski definition) is 3. The lowest BCUT2D eigenvalue weighted by molar-refractivity contribution is 0.0580. The quantitative estimate of drug-likeness (QED) is 0.792. The number of carbonyl (C=O) groups is 1. The van der Waals surface area contributed by atoms with Crippen LogP contribution >= 0.6 is 31.9 Å². The summed E-state index contributed by atoms with van der Waals surface area (Å²) in [5.74, 6) is -0.122. The monoisotopic (exact) mass is 335 g/mol. The zero-order valence-electron chi connectivity index (χ0n) is 8.46. The number of Topliss-reactive ketones (excluding diaryl/α,β-unsaturated/α-hetero) is 1. The van der Waals surface area contributed by atoms with Gasteiger partial charge in [0.2, 0.25) is 5.78 Å². The summed E-state index contributed by atoms with van der Waals surface area (Å²) in [5, 5.41) is 0. The van der Waals surface area contributed by atoms with Crippen molar-refractivity contribution in [2.75, 3.05) is 6.61 Å². The fraction of sp³-hybridized carbons (Fsp3) is 0.400. The third kappa shape index (κ3) is 4.01. The van der Waals surface area contributed by atoms with E-state index in [1.807, 2.05) is 13.8 Å². The Hall–Kier alpha value is -0.260. The number of ketones is 1. The summed E-state index contributed by atoms with van der Waals surface area (Å²) >= 11 is 6.56. The molecule has 1 heterocycles. The maximum atomic E-state index is 11.6. The summed E-state index contributed by atoms with van der Waals surface area (Å²) in [4.78, 5) is 15.7. The fourth-order valence-electron chi connectivity index (χ4n) is 0.930. The molecule has 15 heavy (non-hydrogen) atoms. The number of pyridine rings is 1. The van der Waals surface area contributed by atoms with Crippen LogP contribution in [0.25, 0.3) is 0 Å². The van der Waals surface area contributed by atoms with Crippen LogP contribution in [-0.4, -0.2) is 23.5 Å². The van der Waals surface area contributed by atoms with E-state index < -0.39 is 0 Å². The van der Waals surface area contributed by atoms with Crippen LogP contribution in [-0.2, 0) is 4.74 Å². The summed E-state index contributed by atoms with van der Waals surface area (Å²) < 4.78 is 6.73. The highest BCUT2D eigenvalue weighted by Gasteiger charge is 2.12. The molecule has 3 nitrogen and oxygen atoms in total. The molecule has 1 aromatic rings. The molecular formula is C10H11Br2NO2. The highest BCUT2D eigenvalue weighted by Crippen LogP contribution is 2.19. The number of ether oxygens (including phenoxy) is 1. The largest absolute Gasteiger partial charge is 0.371 e. The number of carbonyl (C=O) groups excluding carboxylic acids is 1. The molecule has 1 rings (SSSR count). The molecule has 0 atom stereocenters. The molecule has 0 unspecified atom stereocenters. The molecule has 82 valence electrons. The average molecular weight is 337 g/mol. The molecule has 0 fully saturated rings. The molecule has 0 aromatic carbocycles. The summed E-state index contributed by atoms with van der Waals surface area (Å²) in [7, 11) is 0. The van der Waals surface area contributed by atoms with Crippen molar-refractivity contribution in [3.8, 4) is 0 Å². The first-order valence-electron chi connectivity index (χ1n) is 4.46. The Labute approximate surface area is 105 Å². The van der Waals surface area contributed by atoms with Gasteiger partial charge in [-0.25, -0.2) is 0 Å². The van der Waals surface area contributed by atoms with Crippen molar-refractivity contribution in [2.45, 2.75) is 20.0 Å². The number of halogens is 2. The number of hydrogen-bond donors (Lipinski definition) is 0. The maximum Gasteiger partial charge on any atom is 0.207 e. The molecule has 5 heteroatoms. The van der Waals surface area contributed by atoms with Gasteiger partial charge in [-0.05, 0) is 51.8 Å². The van der Waals surface area contributed by atoms with E-state index in [-0.39, 0.29) is 18.5 Å². The second-order valence-electron chi connectivity index (χ2n) is 3.27. The van der Waals surface area contributed by atoms with Gasteiger partial charge in [-0.3, -0.25) is 9.78 Å². The lowest BCUT2D eigenvalue weighted by atomic mass is 10.2. The highest BCUT2D eigenvalue weighted by atomic mass is 79.9. The Bertz CT molecular complexity index is 366. The van der Waals surface area contributed by atoms with Crippen LogP contribution in [0.3, 0.4) is 0 Å². The van der Waals surface area contributed by atoms with Crippen molar-refractivity contribution < 1.29 is 9.53 Å². The first kappa shape index (κ1) is 12.8. The van der Waals surface area contributed by atoms with Gasteiger partial charge in [0.15, 0.2) is 0 Å². The minimum atomic E-state index is -0.122. The Morgan fingerprint density at radius 1 is 1.53 bits per heavy atom. The Morgan fingerprint density at radius 2 is 2.20 bits per heavy atom. The molecule has 0 saturated carbocycles. The van der Waals surface area contributed by atoms with Crippen LogP contribution in [0.1, 0.15) is 24.3 Å². The second-order valence-corrected chi connectivity index (χ2v) is 5.04. The Morgan fingerprint density at radius 3 is 2.73 bits per heavy atom. The average Bonchev–Trinajstić information content (AvgIpc) is 2.14. The zero-order valence-corrected chi connectivity index (χ0v) is 11.6. The Kier molecular flexibility index (Phi) is 4.89. The van der Waals surface area contributed by atoms with Crippen molar-refractivity contribution in [1.82, 2.24) is 4.98 Å². The van der Waals surface area contributed by atoms with Crippen molar-refractivity contribution in [3.05, 3.63) is 26.9 Å². The first-order valence-corrected chi connectivity index (χ1v) is 6.05. The molecular weight excluding hydrogens is 326 g/mol. The van der Waals surface area contributed by atoms with E-state index in [4.69, 9.17) is 4.74 Å². The van der Waals surface area contributed by atoms with Crippen molar-refractivity contribution in [2.24, 2.45) is 0 Å². The van der Waals surface area contributed by atoms with E-state index in [9.17, 15) is 4.79 Å². The summed E-state index contributed by atoms with van der Waals surface area (Å²) in [6, 6.07) is 1.79. The molecule has 0 N–H and O–H groups in total. The van der Waals surface area contributed by atoms with Crippen LogP contribution in [0.4, 0.5) is 0 Å².